The van der Waals surface area contributed by atoms with Crippen LogP contribution in [0.25, 0.3) is 10.9 Å². The molecular weight excluding hydrogens is 252 g/mol. The molecule has 20 heavy (non-hydrogen) atoms. The number of aromatic nitrogens is 2. The standard InChI is InChI=1S/C15H20N4O/c1-20-12-6-7-19(11(8-12)9-16)15-10-17-18-14-5-3-2-4-13(14)15/h2-5,10-12H,6-9,16H2,1H3. The van der Waals surface area contributed by atoms with Crippen molar-refractivity contribution >= 4 is 16.6 Å². The van der Waals surface area contributed by atoms with Crippen molar-refractivity contribution in [2.45, 2.75) is 25.0 Å². The number of nitrogens with two attached hydrogens (primary N) is 1. The van der Waals surface area contributed by atoms with Gasteiger partial charge in [0.1, 0.15) is 0 Å². The summed E-state index contributed by atoms with van der Waals surface area (Å²) in [5, 5.41) is 9.45. The van der Waals surface area contributed by atoms with Crippen LogP contribution in [0.1, 0.15) is 12.8 Å². The molecule has 0 radical (unpaired) electrons. The Balaban J connectivity index is 1.97. The maximum atomic E-state index is 5.96. The zero-order valence-corrected chi connectivity index (χ0v) is 11.7. The molecule has 3 rings (SSSR count). The predicted octanol–water partition coefficient (Wildman–Crippen LogP) is 1.57. The van der Waals surface area contributed by atoms with E-state index in [0.29, 0.717) is 18.7 Å². The molecule has 2 unspecified atom stereocenters. The van der Waals surface area contributed by atoms with E-state index < -0.39 is 0 Å². The van der Waals surface area contributed by atoms with E-state index in [9.17, 15) is 0 Å². The van der Waals surface area contributed by atoms with Gasteiger partial charge in [-0.2, -0.15) is 10.2 Å². The molecule has 0 spiro atoms. The maximum absolute atomic E-state index is 5.96. The molecule has 1 fully saturated rings. The largest absolute Gasteiger partial charge is 0.381 e. The molecule has 2 N–H and O–H groups in total. The monoisotopic (exact) mass is 272 g/mol. The van der Waals surface area contributed by atoms with Crippen molar-refractivity contribution in [3.05, 3.63) is 30.5 Å². The number of benzene rings is 1. The Bertz CT molecular complexity index is 584. The van der Waals surface area contributed by atoms with Crippen molar-refractivity contribution in [1.82, 2.24) is 10.2 Å². The molecule has 0 aliphatic carbocycles. The lowest BCUT2D eigenvalue weighted by molar-refractivity contribution is 0.0710. The van der Waals surface area contributed by atoms with Crippen LogP contribution < -0.4 is 10.6 Å². The Morgan fingerprint density at radius 1 is 1.40 bits per heavy atom. The van der Waals surface area contributed by atoms with Crippen molar-refractivity contribution in [3.8, 4) is 0 Å². The molecule has 0 saturated carbocycles. The molecule has 5 heteroatoms. The van der Waals surface area contributed by atoms with Crippen LogP contribution in [0.2, 0.25) is 0 Å². The van der Waals surface area contributed by atoms with E-state index in [1.54, 1.807) is 7.11 Å². The lowest BCUT2D eigenvalue weighted by Gasteiger charge is -2.40. The molecular formula is C15H20N4O. The van der Waals surface area contributed by atoms with Gasteiger partial charge in [-0.3, -0.25) is 0 Å². The van der Waals surface area contributed by atoms with Gasteiger partial charge in [0.05, 0.1) is 23.5 Å². The van der Waals surface area contributed by atoms with E-state index in [0.717, 1.165) is 36.0 Å². The van der Waals surface area contributed by atoms with Crippen LogP contribution in [0.3, 0.4) is 0 Å². The first kappa shape index (κ1) is 13.3. The lowest BCUT2D eigenvalue weighted by Crippen LogP contribution is -2.48. The van der Waals surface area contributed by atoms with Crippen LogP contribution in [0.15, 0.2) is 30.5 Å². The number of methoxy groups -OCH3 is 1. The van der Waals surface area contributed by atoms with Gasteiger partial charge in [0, 0.05) is 31.6 Å². The molecule has 1 aliphatic heterocycles. The summed E-state index contributed by atoms with van der Waals surface area (Å²) in [6.45, 7) is 1.56. The SMILES string of the molecule is COC1CCN(c2cnnc3ccccc23)C(CN)C1. The smallest absolute Gasteiger partial charge is 0.0950 e. The number of hydrogen-bond acceptors (Lipinski definition) is 5. The highest BCUT2D eigenvalue weighted by Gasteiger charge is 2.28. The second kappa shape index (κ2) is 5.73. The highest BCUT2D eigenvalue weighted by molar-refractivity contribution is 5.90. The zero-order valence-electron chi connectivity index (χ0n) is 11.7. The molecule has 1 aromatic heterocycles. The Morgan fingerprint density at radius 3 is 3.05 bits per heavy atom. The van der Waals surface area contributed by atoms with Crippen molar-refractivity contribution in [2.24, 2.45) is 5.73 Å². The van der Waals surface area contributed by atoms with Crippen LogP contribution >= 0.6 is 0 Å². The fourth-order valence-corrected chi connectivity index (χ4v) is 2.99. The van der Waals surface area contributed by atoms with Gasteiger partial charge in [-0.15, -0.1) is 0 Å². The number of rotatable bonds is 3. The van der Waals surface area contributed by atoms with E-state index in [2.05, 4.69) is 21.2 Å². The molecule has 0 bridgehead atoms. The summed E-state index contributed by atoms with van der Waals surface area (Å²) in [4.78, 5) is 2.35. The number of hydrogen-bond donors (Lipinski definition) is 1. The van der Waals surface area contributed by atoms with Gasteiger partial charge in [0.15, 0.2) is 0 Å². The number of piperidine rings is 1. The number of nitrogens with zero attached hydrogens (tertiary/aromatic N) is 3. The van der Waals surface area contributed by atoms with Gasteiger partial charge in [0.2, 0.25) is 0 Å². The highest BCUT2D eigenvalue weighted by atomic mass is 16.5. The van der Waals surface area contributed by atoms with E-state index in [-0.39, 0.29) is 0 Å². The van der Waals surface area contributed by atoms with Crippen molar-refractivity contribution < 1.29 is 4.74 Å². The summed E-state index contributed by atoms with van der Waals surface area (Å²) in [5.41, 5.74) is 8.01. The molecule has 2 aromatic rings. The van der Waals surface area contributed by atoms with E-state index >= 15 is 0 Å². The van der Waals surface area contributed by atoms with Crippen LogP contribution in [0.4, 0.5) is 5.69 Å². The minimum absolute atomic E-state index is 0.293. The van der Waals surface area contributed by atoms with E-state index in [1.165, 1.54) is 0 Å². The Hall–Kier alpha value is -1.72. The Morgan fingerprint density at radius 2 is 2.25 bits per heavy atom. The van der Waals surface area contributed by atoms with Crippen LogP contribution in [0.5, 0.6) is 0 Å². The minimum atomic E-state index is 0.293. The van der Waals surface area contributed by atoms with Crippen molar-refractivity contribution in [3.63, 3.8) is 0 Å². The van der Waals surface area contributed by atoms with E-state index in [4.69, 9.17) is 10.5 Å². The molecule has 1 saturated heterocycles. The van der Waals surface area contributed by atoms with Gasteiger partial charge in [-0.1, -0.05) is 18.2 Å². The minimum Gasteiger partial charge on any atom is -0.381 e. The third kappa shape index (κ3) is 2.34. The predicted molar refractivity (Wildman–Crippen MR) is 79.8 cm³/mol. The third-order valence-electron chi connectivity index (χ3n) is 4.11. The van der Waals surface area contributed by atoms with Gasteiger partial charge >= 0.3 is 0 Å². The fourth-order valence-electron chi connectivity index (χ4n) is 2.99. The number of ether oxygens (including phenoxy) is 1. The first-order valence-corrected chi connectivity index (χ1v) is 7.03. The number of anilines is 1. The average Bonchev–Trinajstić information content (AvgIpc) is 2.53. The first-order chi connectivity index (χ1) is 9.83. The summed E-state index contributed by atoms with van der Waals surface area (Å²) in [6.07, 6.45) is 4.13. The highest BCUT2D eigenvalue weighted by Crippen LogP contribution is 2.30. The third-order valence-corrected chi connectivity index (χ3v) is 4.11. The quantitative estimate of drug-likeness (QED) is 0.919. The first-order valence-electron chi connectivity index (χ1n) is 7.03. The summed E-state index contributed by atoms with van der Waals surface area (Å²) in [5.74, 6) is 0. The molecule has 5 nitrogen and oxygen atoms in total. The topological polar surface area (TPSA) is 64.3 Å². The second-order valence-corrected chi connectivity index (χ2v) is 5.21. The fraction of sp³-hybridized carbons (Fsp3) is 0.467. The summed E-state index contributed by atoms with van der Waals surface area (Å²) >= 11 is 0. The molecule has 0 amide bonds. The Labute approximate surface area is 118 Å². The Kier molecular flexibility index (Phi) is 3.80. The van der Waals surface area contributed by atoms with Gasteiger partial charge in [-0.05, 0) is 18.9 Å². The van der Waals surface area contributed by atoms with Crippen molar-refractivity contribution in [2.75, 3.05) is 25.1 Å². The van der Waals surface area contributed by atoms with Crippen LogP contribution in [-0.2, 0) is 4.74 Å². The maximum Gasteiger partial charge on any atom is 0.0950 e. The zero-order chi connectivity index (χ0) is 13.9. The number of fused-ring (bicyclic) bond motifs is 1. The molecule has 1 aliphatic rings. The molecule has 2 heterocycles. The van der Waals surface area contributed by atoms with Crippen LogP contribution in [0, 0.1) is 0 Å². The van der Waals surface area contributed by atoms with Gasteiger partial charge in [-0.25, -0.2) is 0 Å². The molecule has 2 atom stereocenters. The summed E-state index contributed by atoms with van der Waals surface area (Å²) in [7, 11) is 1.78. The van der Waals surface area contributed by atoms with Gasteiger partial charge < -0.3 is 15.4 Å². The van der Waals surface area contributed by atoms with Crippen LogP contribution in [-0.4, -0.2) is 42.5 Å². The normalized spacial score (nSPS) is 23.2. The summed E-state index contributed by atoms with van der Waals surface area (Å²) < 4.78 is 5.48. The average molecular weight is 272 g/mol. The van der Waals surface area contributed by atoms with Crippen molar-refractivity contribution in [1.29, 1.82) is 0 Å². The molecule has 106 valence electrons. The van der Waals surface area contributed by atoms with E-state index in [1.807, 2.05) is 24.4 Å². The summed E-state index contributed by atoms with van der Waals surface area (Å²) in [6, 6.07) is 8.40. The molecule has 1 aromatic carbocycles. The lowest BCUT2D eigenvalue weighted by atomic mass is 9.98. The van der Waals surface area contributed by atoms with Gasteiger partial charge in [0.25, 0.3) is 0 Å². The second-order valence-electron chi connectivity index (χ2n) is 5.21.